The lowest BCUT2D eigenvalue weighted by atomic mass is 9.94. The van der Waals surface area contributed by atoms with E-state index in [-0.39, 0.29) is 11.4 Å². The molecular formula is C12H19NO3. The van der Waals surface area contributed by atoms with Crippen LogP contribution in [-0.2, 0) is 21.4 Å². The molecule has 0 radical (unpaired) electrons. The summed E-state index contributed by atoms with van der Waals surface area (Å²) in [5, 5.41) is 0. The predicted octanol–water partition coefficient (Wildman–Crippen LogP) is 2.47. The first-order valence-electron chi connectivity index (χ1n) is 5.54. The average Bonchev–Trinajstić information content (AvgIpc) is 2.63. The van der Waals surface area contributed by atoms with Crippen LogP contribution >= 0.6 is 0 Å². The highest BCUT2D eigenvalue weighted by Gasteiger charge is 2.19. The molecule has 1 rings (SSSR count). The van der Waals surface area contributed by atoms with Gasteiger partial charge in [0.2, 0.25) is 0 Å². The van der Waals surface area contributed by atoms with Gasteiger partial charge in [0.05, 0.1) is 19.2 Å². The van der Waals surface area contributed by atoms with Crippen LogP contribution in [0.2, 0.25) is 0 Å². The molecule has 0 bridgehead atoms. The molecule has 0 saturated carbocycles. The highest BCUT2D eigenvalue weighted by Crippen LogP contribution is 2.22. The third kappa shape index (κ3) is 3.68. The van der Waals surface area contributed by atoms with Crippen LogP contribution in [0.5, 0.6) is 0 Å². The number of carbonyl (C=O) groups excluding carboxylic acids is 1. The van der Waals surface area contributed by atoms with Crippen LogP contribution in [0.25, 0.3) is 0 Å². The van der Waals surface area contributed by atoms with E-state index < -0.39 is 0 Å². The molecule has 0 spiro atoms. The van der Waals surface area contributed by atoms with Gasteiger partial charge in [0.15, 0.2) is 5.89 Å². The van der Waals surface area contributed by atoms with Crippen molar-refractivity contribution < 1.29 is 13.9 Å². The van der Waals surface area contributed by atoms with Gasteiger partial charge in [0.25, 0.3) is 0 Å². The molecule has 1 aromatic heterocycles. The van der Waals surface area contributed by atoms with E-state index in [1.807, 2.05) is 0 Å². The van der Waals surface area contributed by atoms with Crippen molar-refractivity contribution in [3.63, 3.8) is 0 Å². The van der Waals surface area contributed by atoms with Crippen LogP contribution in [0.3, 0.4) is 0 Å². The zero-order valence-electron chi connectivity index (χ0n) is 10.4. The summed E-state index contributed by atoms with van der Waals surface area (Å²) in [6.45, 7) is 8.38. The average molecular weight is 225 g/mol. The number of rotatable bonds is 4. The molecule has 4 heteroatoms. The quantitative estimate of drug-likeness (QED) is 0.739. The molecule has 16 heavy (non-hydrogen) atoms. The molecule has 0 aliphatic carbocycles. The number of aryl methyl sites for hydroxylation is 1. The Balaban J connectivity index is 2.50. The summed E-state index contributed by atoms with van der Waals surface area (Å²) in [5.74, 6) is 1.22. The van der Waals surface area contributed by atoms with Crippen LogP contribution < -0.4 is 0 Å². The second-order valence-corrected chi connectivity index (χ2v) is 4.67. The van der Waals surface area contributed by atoms with Gasteiger partial charge in [-0.25, -0.2) is 4.98 Å². The molecule has 0 N–H and O–H groups in total. The molecule has 0 saturated heterocycles. The van der Waals surface area contributed by atoms with Gasteiger partial charge >= 0.3 is 5.97 Å². The van der Waals surface area contributed by atoms with Gasteiger partial charge in [-0.1, -0.05) is 20.8 Å². The standard InChI is InChI=1S/C12H19NO3/c1-5-15-11(14)7-6-10-13-8-9(16-10)12(2,3)4/h8H,5-7H2,1-4H3. The summed E-state index contributed by atoms with van der Waals surface area (Å²) in [5.41, 5.74) is -0.0465. The van der Waals surface area contributed by atoms with Gasteiger partial charge in [0, 0.05) is 11.8 Å². The van der Waals surface area contributed by atoms with E-state index in [2.05, 4.69) is 25.8 Å². The predicted molar refractivity (Wildman–Crippen MR) is 60.2 cm³/mol. The van der Waals surface area contributed by atoms with Crippen molar-refractivity contribution >= 4 is 5.97 Å². The number of hydrogen-bond donors (Lipinski definition) is 0. The van der Waals surface area contributed by atoms with Crippen molar-refractivity contribution in [2.45, 2.75) is 46.0 Å². The van der Waals surface area contributed by atoms with Gasteiger partial charge < -0.3 is 9.15 Å². The Morgan fingerprint density at radius 3 is 2.69 bits per heavy atom. The third-order valence-corrected chi connectivity index (χ3v) is 2.14. The first kappa shape index (κ1) is 12.7. The Kier molecular flexibility index (Phi) is 4.10. The molecule has 0 aliphatic rings. The van der Waals surface area contributed by atoms with Crippen LogP contribution in [-0.4, -0.2) is 17.6 Å². The van der Waals surface area contributed by atoms with E-state index in [0.29, 0.717) is 25.3 Å². The van der Waals surface area contributed by atoms with Gasteiger partial charge in [-0.2, -0.15) is 0 Å². The minimum absolute atomic E-state index is 0.0465. The summed E-state index contributed by atoms with van der Waals surface area (Å²) in [7, 11) is 0. The topological polar surface area (TPSA) is 52.3 Å². The maximum absolute atomic E-state index is 11.1. The first-order valence-corrected chi connectivity index (χ1v) is 5.54. The summed E-state index contributed by atoms with van der Waals surface area (Å²) < 4.78 is 10.4. The number of oxazole rings is 1. The molecule has 0 amide bonds. The number of hydrogen-bond acceptors (Lipinski definition) is 4. The van der Waals surface area contributed by atoms with Crippen molar-refractivity contribution in [3.8, 4) is 0 Å². The monoisotopic (exact) mass is 225 g/mol. The molecule has 4 nitrogen and oxygen atoms in total. The van der Waals surface area contributed by atoms with E-state index >= 15 is 0 Å². The molecule has 0 aliphatic heterocycles. The maximum atomic E-state index is 11.1. The largest absolute Gasteiger partial charge is 0.466 e. The van der Waals surface area contributed by atoms with Crippen molar-refractivity contribution in [1.82, 2.24) is 4.98 Å². The van der Waals surface area contributed by atoms with E-state index in [9.17, 15) is 4.79 Å². The summed E-state index contributed by atoms with van der Waals surface area (Å²) in [4.78, 5) is 15.3. The normalized spacial score (nSPS) is 11.5. The molecule has 90 valence electrons. The summed E-state index contributed by atoms with van der Waals surface area (Å²) in [6.07, 6.45) is 2.54. The first-order chi connectivity index (χ1) is 7.43. The van der Waals surface area contributed by atoms with Gasteiger partial charge in [-0.15, -0.1) is 0 Å². The molecular weight excluding hydrogens is 206 g/mol. The fourth-order valence-corrected chi connectivity index (χ4v) is 1.21. The number of carbonyl (C=O) groups is 1. The molecule has 0 aromatic carbocycles. The second-order valence-electron chi connectivity index (χ2n) is 4.67. The molecule has 0 unspecified atom stereocenters. The smallest absolute Gasteiger partial charge is 0.306 e. The maximum Gasteiger partial charge on any atom is 0.306 e. The fraction of sp³-hybridized carbons (Fsp3) is 0.667. The van der Waals surface area contributed by atoms with E-state index in [1.165, 1.54) is 0 Å². The Bertz CT molecular complexity index is 349. The number of esters is 1. The molecule has 0 atom stereocenters. The highest BCUT2D eigenvalue weighted by atomic mass is 16.5. The molecule has 1 aromatic rings. The van der Waals surface area contributed by atoms with Gasteiger partial charge in [-0.05, 0) is 6.92 Å². The lowest BCUT2D eigenvalue weighted by Crippen LogP contribution is -2.09. The zero-order chi connectivity index (χ0) is 12.2. The van der Waals surface area contributed by atoms with Gasteiger partial charge in [0.1, 0.15) is 5.76 Å². The van der Waals surface area contributed by atoms with E-state index in [4.69, 9.17) is 9.15 Å². The van der Waals surface area contributed by atoms with Crippen LogP contribution in [0.1, 0.15) is 45.8 Å². The minimum Gasteiger partial charge on any atom is -0.466 e. The zero-order valence-corrected chi connectivity index (χ0v) is 10.4. The van der Waals surface area contributed by atoms with Crippen LogP contribution in [0.15, 0.2) is 10.6 Å². The minimum atomic E-state index is -0.210. The van der Waals surface area contributed by atoms with Crippen LogP contribution in [0.4, 0.5) is 0 Å². The highest BCUT2D eigenvalue weighted by molar-refractivity contribution is 5.69. The Hall–Kier alpha value is -1.32. The number of aromatic nitrogens is 1. The van der Waals surface area contributed by atoms with E-state index in [0.717, 1.165) is 5.76 Å². The van der Waals surface area contributed by atoms with Crippen molar-refractivity contribution in [3.05, 3.63) is 17.8 Å². The Morgan fingerprint density at radius 2 is 2.19 bits per heavy atom. The number of nitrogens with zero attached hydrogens (tertiary/aromatic N) is 1. The van der Waals surface area contributed by atoms with Crippen molar-refractivity contribution in [2.75, 3.05) is 6.61 Å². The van der Waals surface area contributed by atoms with E-state index in [1.54, 1.807) is 13.1 Å². The van der Waals surface area contributed by atoms with Crippen LogP contribution in [0, 0.1) is 0 Å². The Morgan fingerprint density at radius 1 is 1.50 bits per heavy atom. The number of ether oxygens (including phenoxy) is 1. The second kappa shape index (κ2) is 5.14. The van der Waals surface area contributed by atoms with Crippen molar-refractivity contribution in [2.24, 2.45) is 0 Å². The lowest BCUT2D eigenvalue weighted by Gasteiger charge is -2.13. The molecule has 0 fully saturated rings. The lowest BCUT2D eigenvalue weighted by molar-refractivity contribution is -0.143. The van der Waals surface area contributed by atoms with Gasteiger partial charge in [-0.3, -0.25) is 4.79 Å². The SMILES string of the molecule is CCOC(=O)CCc1ncc(C(C)(C)C)o1. The third-order valence-electron chi connectivity index (χ3n) is 2.14. The summed E-state index contributed by atoms with van der Waals surface area (Å²) in [6, 6.07) is 0. The summed E-state index contributed by atoms with van der Waals surface area (Å²) >= 11 is 0. The van der Waals surface area contributed by atoms with Crippen molar-refractivity contribution in [1.29, 1.82) is 0 Å². The Labute approximate surface area is 96.0 Å². The molecule has 1 heterocycles. The fourth-order valence-electron chi connectivity index (χ4n) is 1.21.